The minimum Gasteiger partial charge on any atom is -0.549 e. The van der Waals surface area contributed by atoms with Gasteiger partial charge in [-0.3, -0.25) is 0 Å². The van der Waals surface area contributed by atoms with Crippen LogP contribution in [-0.2, 0) is 38.4 Å². The molecule has 0 unspecified atom stereocenters. The summed E-state index contributed by atoms with van der Waals surface area (Å²) in [5, 5.41) is 92.4. The van der Waals surface area contributed by atoms with Crippen LogP contribution in [0.1, 0.15) is 6.42 Å². The number of carboxylic acids is 8. The standard InChI is InChI=1S/C13H10O16.4Ca/c14-2(15)10(3(16)17)1-11(4(18)19,5(20)21)13(8(26)27,9(28)29)12(10,6(22)23)7(24)25;;;;/h1H2,(H,14,15)(H,16,17)(H,18,19)(H,20,21)(H,22,23)(H,24,25)(H,26,27)(H,28,29);;;;/q;4*+2/p-8. The summed E-state index contributed by atoms with van der Waals surface area (Å²) < 4.78 is 0. The van der Waals surface area contributed by atoms with E-state index >= 15 is 0 Å². The molecule has 0 N–H and O–H groups in total. The summed E-state index contributed by atoms with van der Waals surface area (Å²) in [7, 11) is 0. The van der Waals surface area contributed by atoms with Crippen molar-refractivity contribution in [3.63, 3.8) is 0 Å². The van der Waals surface area contributed by atoms with E-state index in [0.29, 0.717) is 0 Å². The van der Waals surface area contributed by atoms with E-state index in [9.17, 15) is 79.2 Å². The molecule has 1 fully saturated rings. The Morgan fingerprint density at radius 1 is 0.364 bits per heavy atom. The fourth-order valence-corrected chi connectivity index (χ4v) is 3.85. The Hall–Kier alpha value is 0.799. The third-order valence-corrected chi connectivity index (χ3v) is 4.99. The van der Waals surface area contributed by atoms with Crippen molar-refractivity contribution < 1.29 is 79.2 Å². The van der Waals surface area contributed by atoms with Crippen LogP contribution in [0.5, 0.6) is 0 Å². The predicted octanol–water partition coefficient (Wildman–Crippen LogP) is -15.2. The molecule has 0 aromatic heterocycles. The van der Waals surface area contributed by atoms with Gasteiger partial charge in [0.1, 0.15) is 0 Å². The quantitative estimate of drug-likeness (QED) is 0.192. The number of hydrogen-bond acceptors (Lipinski definition) is 16. The van der Waals surface area contributed by atoms with Gasteiger partial charge in [-0.2, -0.15) is 0 Å². The zero-order valence-electron chi connectivity index (χ0n) is 16.1. The Morgan fingerprint density at radius 3 is 0.606 bits per heavy atom. The van der Waals surface area contributed by atoms with Gasteiger partial charge in [-0.05, 0) is 6.42 Å². The molecule has 0 saturated heterocycles. The van der Waals surface area contributed by atoms with E-state index in [-0.39, 0.29) is 151 Å². The number of carbonyl (C=O) groups is 8. The van der Waals surface area contributed by atoms with Crippen LogP contribution < -0.4 is 40.9 Å². The molecule has 1 rings (SSSR count). The van der Waals surface area contributed by atoms with E-state index in [1.165, 1.54) is 0 Å². The third kappa shape index (κ3) is 4.65. The molecule has 20 heteroatoms. The van der Waals surface area contributed by atoms with Gasteiger partial charge in [0.15, 0.2) is 0 Å². The Kier molecular flexibility index (Phi) is 16.6. The van der Waals surface area contributed by atoms with Gasteiger partial charge < -0.3 is 79.2 Å². The second-order valence-electron chi connectivity index (χ2n) is 5.79. The number of hydrogen-bond donors (Lipinski definition) is 0. The van der Waals surface area contributed by atoms with Crippen molar-refractivity contribution in [2.75, 3.05) is 0 Å². The molecule has 0 atom stereocenters. The molecule has 0 bridgehead atoms. The van der Waals surface area contributed by atoms with Crippen LogP contribution in [0.25, 0.3) is 0 Å². The molecule has 1 aliphatic rings. The van der Waals surface area contributed by atoms with E-state index in [1.807, 2.05) is 0 Å². The summed E-state index contributed by atoms with van der Waals surface area (Å²) >= 11 is 0. The molecule has 33 heavy (non-hydrogen) atoms. The third-order valence-electron chi connectivity index (χ3n) is 4.99. The SMILES string of the molecule is O=C([O-])C1(C(=O)[O-])CC(C(=O)[O-])(C(=O)[O-])C(C(=O)[O-])(C(=O)[O-])C1(C(=O)[O-])C(=O)[O-].[Ca+2].[Ca+2].[Ca+2].[Ca+2]. The molecule has 16 nitrogen and oxygen atoms in total. The predicted molar refractivity (Wildman–Crippen MR) is 77.4 cm³/mol. The number of carboxylic acid groups (broad SMARTS) is 8. The molecule has 1 saturated carbocycles. The van der Waals surface area contributed by atoms with Crippen LogP contribution in [0, 0.1) is 21.7 Å². The topological polar surface area (TPSA) is 321 Å². The van der Waals surface area contributed by atoms with Gasteiger partial charge in [-0.25, -0.2) is 0 Å². The average Bonchev–Trinajstić information content (AvgIpc) is 2.82. The molecule has 0 aromatic rings. The molecule has 0 heterocycles. The maximum Gasteiger partial charge on any atom is 2.00 e. The molecular formula is C13H2Ca4O16. The number of carbonyl (C=O) groups excluding carboxylic acids is 8. The second-order valence-corrected chi connectivity index (χ2v) is 5.79. The fraction of sp³-hybridized carbons (Fsp3) is 0.385. The Bertz CT molecular complexity index is 782. The number of rotatable bonds is 8. The Labute approximate surface area is 300 Å². The van der Waals surface area contributed by atoms with Gasteiger partial charge in [0.25, 0.3) is 0 Å². The average molecular weight is 574 g/mol. The summed E-state index contributed by atoms with van der Waals surface area (Å²) in [6, 6.07) is 0. The molecule has 158 valence electrons. The summed E-state index contributed by atoms with van der Waals surface area (Å²) in [6.07, 6.45) is -2.95. The maximum absolute atomic E-state index is 11.6. The Balaban J connectivity index is -0.00000105. The van der Waals surface area contributed by atoms with Crippen molar-refractivity contribution in [3.05, 3.63) is 0 Å². The summed E-state index contributed by atoms with van der Waals surface area (Å²) in [5.74, 6) is -28.9. The minimum absolute atomic E-state index is 0. The molecule has 1 aliphatic carbocycles. The van der Waals surface area contributed by atoms with Gasteiger partial charge in [0, 0.05) is 0 Å². The molecule has 0 radical (unpaired) electrons. The van der Waals surface area contributed by atoms with Gasteiger partial charge in [-0.15, -0.1) is 0 Å². The minimum atomic E-state index is -5.57. The van der Waals surface area contributed by atoms with Crippen molar-refractivity contribution in [1.29, 1.82) is 0 Å². The first-order valence-corrected chi connectivity index (χ1v) is 6.72. The van der Waals surface area contributed by atoms with Crippen LogP contribution in [0.3, 0.4) is 0 Å². The molecule has 0 spiro atoms. The van der Waals surface area contributed by atoms with Gasteiger partial charge in [0.05, 0.1) is 69.4 Å². The smallest absolute Gasteiger partial charge is 0.549 e. The monoisotopic (exact) mass is 574 g/mol. The van der Waals surface area contributed by atoms with Gasteiger partial charge in [0.2, 0.25) is 0 Å². The molecule has 0 aliphatic heterocycles. The van der Waals surface area contributed by atoms with E-state index in [2.05, 4.69) is 0 Å². The van der Waals surface area contributed by atoms with Crippen LogP contribution >= 0.6 is 0 Å². The second kappa shape index (κ2) is 13.4. The molecular weight excluding hydrogens is 572 g/mol. The van der Waals surface area contributed by atoms with E-state index < -0.39 is 75.8 Å². The zero-order chi connectivity index (χ0) is 23.3. The van der Waals surface area contributed by atoms with E-state index in [0.717, 1.165) is 0 Å². The van der Waals surface area contributed by atoms with Crippen LogP contribution in [0.15, 0.2) is 0 Å². The first-order chi connectivity index (χ1) is 13.0. The zero-order valence-corrected chi connectivity index (χ0v) is 24.9. The Morgan fingerprint density at radius 2 is 0.515 bits per heavy atom. The van der Waals surface area contributed by atoms with Crippen molar-refractivity contribution in [1.82, 2.24) is 0 Å². The normalized spacial score (nSPS) is 17.7. The molecule has 0 amide bonds. The van der Waals surface area contributed by atoms with Crippen molar-refractivity contribution >= 4 is 199 Å². The van der Waals surface area contributed by atoms with Gasteiger partial charge >= 0.3 is 151 Å². The maximum atomic E-state index is 11.6. The summed E-state index contributed by atoms with van der Waals surface area (Å²) in [6.45, 7) is 0. The van der Waals surface area contributed by atoms with Crippen molar-refractivity contribution in [3.8, 4) is 0 Å². The summed E-state index contributed by atoms with van der Waals surface area (Å²) in [5.41, 5.74) is -21.2. The van der Waals surface area contributed by atoms with E-state index in [4.69, 9.17) is 0 Å². The van der Waals surface area contributed by atoms with Gasteiger partial charge in [-0.1, -0.05) is 0 Å². The van der Waals surface area contributed by atoms with Crippen LogP contribution in [0.2, 0.25) is 0 Å². The largest absolute Gasteiger partial charge is 2.00 e. The van der Waals surface area contributed by atoms with Crippen LogP contribution in [-0.4, -0.2) is 199 Å². The van der Waals surface area contributed by atoms with Crippen molar-refractivity contribution in [2.45, 2.75) is 6.42 Å². The fourth-order valence-electron chi connectivity index (χ4n) is 3.85. The molecule has 0 aromatic carbocycles. The van der Waals surface area contributed by atoms with Crippen LogP contribution in [0.4, 0.5) is 0 Å². The van der Waals surface area contributed by atoms with E-state index in [1.54, 1.807) is 0 Å². The number of aliphatic carboxylic acids is 8. The first kappa shape index (κ1) is 40.9. The summed E-state index contributed by atoms with van der Waals surface area (Å²) in [4.78, 5) is 92.4. The first-order valence-electron chi connectivity index (χ1n) is 6.72. The van der Waals surface area contributed by atoms with Crippen molar-refractivity contribution in [2.24, 2.45) is 21.7 Å².